The Kier molecular flexibility index (Phi) is 3.09. The van der Waals surface area contributed by atoms with Crippen molar-refractivity contribution in [1.29, 1.82) is 0 Å². The lowest BCUT2D eigenvalue weighted by molar-refractivity contribution is -0.234. The Labute approximate surface area is 103 Å². The second kappa shape index (κ2) is 4.30. The van der Waals surface area contributed by atoms with Crippen LogP contribution in [0.15, 0.2) is 30.3 Å². The monoisotopic (exact) mass is 257 g/mol. The van der Waals surface area contributed by atoms with Gasteiger partial charge in [0.1, 0.15) is 6.04 Å². The highest BCUT2D eigenvalue weighted by atomic mass is 19.4. The molecule has 1 amide bonds. The van der Waals surface area contributed by atoms with Gasteiger partial charge in [-0.05, 0) is 12.5 Å². The topological polar surface area (TPSA) is 20.3 Å². The lowest BCUT2D eigenvalue weighted by Crippen LogP contribution is -2.66. The van der Waals surface area contributed by atoms with E-state index in [2.05, 4.69) is 0 Å². The minimum Gasteiger partial charge on any atom is -0.323 e. The number of rotatable bonds is 2. The summed E-state index contributed by atoms with van der Waals surface area (Å²) in [5.74, 6) is -1.41. The van der Waals surface area contributed by atoms with Crippen molar-refractivity contribution in [3.8, 4) is 0 Å². The molecule has 1 aromatic rings. The summed E-state index contributed by atoms with van der Waals surface area (Å²) in [6, 6.07) is 6.53. The van der Waals surface area contributed by atoms with Gasteiger partial charge in [0.15, 0.2) is 0 Å². The average Bonchev–Trinajstić information content (AvgIpc) is 2.33. The van der Waals surface area contributed by atoms with Crippen molar-refractivity contribution in [3.63, 3.8) is 0 Å². The van der Waals surface area contributed by atoms with Gasteiger partial charge in [0.05, 0.1) is 12.0 Å². The predicted molar refractivity (Wildman–Crippen MR) is 60.7 cm³/mol. The van der Waals surface area contributed by atoms with E-state index in [0.29, 0.717) is 5.56 Å². The Balaban J connectivity index is 2.25. The molecule has 1 aliphatic rings. The highest BCUT2D eigenvalue weighted by Gasteiger charge is 2.59. The predicted octanol–water partition coefficient (Wildman–Crippen LogP) is 3.16. The van der Waals surface area contributed by atoms with Gasteiger partial charge in [0.2, 0.25) is 5.91 Å². The van der Waals surface area contributed by atoms with Crippen molar-refractivity contribution < 1.29 is 18.0 Å². The fraction of sp³-hybridized carbons (Fsp3) is 0.462. The molecule has 0 saturated carbocycles. The zero-order chi connectivity index (χ0) is 13.5. The quantitative estimate of drug-likeness (QED) is 0.745. The third-order valence-corrected chi connectivity index (χ3v) is 3.45. The van der Waals surface area contributed by atoms with Crippen molar-refractivity contribution in [2.75, 3.05) is 0 Å². The Morgan fingerprint density at radius 1 is 1.22 bits per heavy atom. The molecule has 0 spiro atoms. The molecule has 0 N–H and O–H groups in total. The zero-order valence-corrected chi connectivity index (χ0v) is 10.1. The molecule has 18 heavy (non-hydrogen) atoms. The van der Waals surface area contributed by atoms with Crippen molar-refractivity contribution in [2.45, 2.75) is 32.1 Å². The first-order valence-corrected chi connectivity index (χ1v) is 5.78. The smallest absolute Gasteiger partial charge is 0.323 e. The average molecular weight is 257 g/mol. The summed E-state index contributed by atoms with van der Waals surface area (Å²) in [5, 5.41) is 0. The molecule has 0 unspecified atom stereocenters. The van der Waals surface area contributed by atoms with Gasteiger partial charge < -0.3 is 4.90 Å². The maximum atomic E-state index is 12.9. The van der Waals surface area contributed by atoms with E-state index >= 15 is 0 Å². The van der Waals surface area contributed by atoms with Gasteiger partial charge in [-0.3, -0.25) is 4.79 Å². The number of β-lactam (4-membered cyclic amide) rings is 1. The van der Waals surface area contributed by atoms with Crippen LogP contribution in [0.1, 0.15) is 25.5 Å². The van der Waals surface area contributed by atoms with E-state index in [0.717, 1.165) is 4.90 Å². The molecule has 0 radical (unpaired) electrons. The number of nitrogens with zero attached hydrogens (tertiary/aromatic N) is 1. The summed E-state index contributed by atoms with van der Waals surface area (Å²) in [5.41, 5.74) is 0.715. The SMILES string of the molecule is C[C@@H]1C(=O)N([C@H](C)c2ccccc2)[C@H]1C(F)(F)F. The molecule has 1 heterocycles. The van der Waals surface area contributed by atoms with Gasteiger partial charge in [-0.2, -0.15) is 13.2 Å². The molecule has 1 aromatic carbocycles. The number of hydrogen-bond donors (Lipinski definition) is 0. The molecule has 0 aliphatic carbocycles. The fourth-order valence-electron chi connectivity index (χ4n) is 2.43. The molecule has 0 aromatic heterocycles. The molecule has 1 fully saturated rings. The first-order chi connectivity index (χ1) is 8.34. The summed E-state index contributed by atoms with van der Waals surface area (Å²) in [6.07, 6.45) is -4.36. The van der Waals surface area contributed by atoms with Gasteiger partial charge in [0, 0.05) is 0 Å². The van der Waals surface area contributed by atoms with Crippen LogP contribution in [-0.2, 0) is 4.79 Å². The molecule has 5 heteroatoms. The number of alkyl halides is 3. The van der Waals surface area contributed by atoms with E-state index < -0.39 is 30.1 Å². The molecule has 2 rings (SSSR count). The highest BCUT2D eigenvalue weighted by molar-refractivity contribution is 5.86. The molecule has 1 saturated heterocycles. The summed E-state index contributed by atoms with van der Waals surface area (Å²) in [6.45, 7) is 2.95. The molecule has 2 nitrogen and oxygen atoms in total. The second-order valence-electron chi connectivity index (χ2n) is 4.61. The van der Waals surface area contributed by atoms with Crippen LogP contribution in [0.5, 0.6) is 0 Å². The number of carbonyl (C=O) groups excluding carboxylic acids is 1. The third kappa shape index (κ3) is 1.98. The largest absolute Gasteiger partial charge is 0.409 e. The molecule has 98 valence electrons. The van der Waals surface area contributed by atoms with Crippen LogP contribution in [-0.4, -0.2) is 23.0 Å². The van der Waals surface area contributed by atoms with Crippen LogP contribution in [0.25, 0.3) is 0 Å². The maximum absolute atomic E-state index is 12.9. The number of amides is 1. The minimum absolute atomic E-state index is 0.436. The second-order valence-corrected chi connectivity index (χ2v) is 4.61. The minimum atomic E-state index is -4.36. The van der Waals surface area contributed by atoms with Gasteiger partial charge in [-0.1, -0.05) is 37.3 Å². The van der Waals surface area contributed by atoms with Crippen LogP contribution in [0.2, 0.25) is 0 Å². The first kappa shape index (κ1) is 12.9. The lowest BCUT2D eigenvalue weighted by Gasteiger charge is -2.49. The van der Waals surface area contributed by atoms with Crippen LogP contribution in [0, 0.1) is 5.92 Å². The summed E-state index contributed by atoms with van der Waals surface area (Å²) in [7, 11) is 0. The van der Waals surface area contributed by atoms with E-state index in [-0.39, 0.29) is 0 Å². The van der Waals surface area contributed by atoms with Crippen LogP contribution in [0.3, 0.4) is 0 Å². The van der Waals surface area contributed by atoms with Crippen molar-refractivity contribution in [1.82, 2.24) is 4.90 Å². The van der Waals surface area contributed by atoms with Crippen LogP contribution in [0.4, 0.5) is 13.2 Å². The van der Waals surface area contributed by atoms with Gasteiger partial charge in [0.25, 0.3) is 0 Å². The maximum Gasteiger partial charge on any atom is 0.409 e. The molecule has 0 bridgehead atoms. The lowest BCUT2D eigenvalue weighted by atomic mass is 9.85. The van der Waals surface area contributed by atoms with E-state index in [1.165, 1.54) is 6.92 Å². The Hall–Kier alpha value is -1.52. The molecule has 1 aliphatic heterocycles. The van der Waals surface area contributed by atoms with Crippen molar-refractivity contribution >= 4 is 5.91 Å². The van der Waals surface area contributed by atoms with Crippen LogP contribution < -0.4 is 0 Å². The number of benzene rings is 1. The van der Waals surface area contributed by atoms with Crippen LogP contribution >= 0.6 is 0 Å². The molecular weight excluding hydrogens is 243 g/mol. The van der Waals surface area contributed by atoms with Gasteiger partial charge in [-0.15, -0.1) is 0 Å². The highest BCUT2D eigenvalue weighted by Crippen LogP contribution is 2.43. The summed E-state index contributed by atoms with van der Waals surface area (Å²) in [4.78, 5) is 12.6. The van der Waals surface area contributed by atoms with E-state index in [4.69, 9.17) is 0 Å². The zero-order valence-electron chi connectivity index (χ0n) is 10.1. The van der Waals surface area contributed by atoms with E-state index in [1.807, 2.05) is 0 Å². The standard InChI is InChI=1S/C13H14F3NO/c1-8-11(13(14,15)16)17(12(8)18)9(2)10-6-4-3-5-7-10/h3-9,11H,1-2H3/t8-,9+,11+/m0/s1. The summed E-state index contributed by atoms with van der Waals surface area (Å²) >= 11 is 0. The van der Waals surface area contributed by atoms with Crippen molar-refractivity contribution in [2.24, 2.45) is 5.92 Å². The Bertz CT molecular complexity index is 443. The molecule has 3 atom stereocenters. The number of carbonyl (C=O) groups is 1. The Morgan fingerprint density at radius 3 is 2.28 bits per heavy atom. The van der Waals surface area contributed by atoms with Crippen molar-refractivity contribution in [3.05, 3.63) is 35.9 Å². The number of halogens is 3. The van der Waals surface area contributed by atoms with Gasteiger partial charge in [-0.25, -0.2) is 0 Å². The number of hydrogen-bond acceptors (Lipinski definition) is 1. The van der Waals surface area contributed by atoms with E-state index in [9.17, 15) is 18.0 Å². The fourth-order valence-corrected chi connectivity index (χ4v) is 2.43. The Morgan fingerprint density at radius 2 is 1.78 bits per heavy atom. The molecular formula is C13H14F3NO. The first-order valence-electron chi connectivity index (χ1n) is 5.78. The number of likely N-dealkylation sites (tertiary alicyclic amines) is 1. The van der Waals surface area contributed by atoms with E-state index in [1.54, 1.807) is 37.3 Å². The van der Waals surface area contributed by atoms with Gasteiger partial charge >= 0.3 is 6.18 Å². The normalized spacial score (nSPS) is 25.8. The third-order valence-electron chi connectivity index (χ3n) is 3.45. The summed E-state index contributed by atoms with van der Waals surface area (Å²) < 4.78 is 38.6.